The van der Waals surface area contributed by atoms with E-state index in [2.05, 4.69) is 12.1 Å². The van der Waals surface area contributed by atoms with Crippen LogP contribution in [-0.4, -0.2) is 13.6 Å². The van der Waals surface area contributed by atoms with E-state index in [1.54, 1.807) is 6.07 Å². The smallest absolute Gasteiger partial charge is 0.125 e. The quantitative estimate of drug-likeness (QED) is 0.912. The predicted molar refractivity (Wildman–Crippen MR) is 77.8 cm³/mol. The van der Waals surface area contributed by atoms with Gasteiger partial charge in [-0.25, -0.2) is 4.39 Å². The molecule has 3 heteroatoms. The third kappa shape index (κ3) is 3.55. The van der Waals surface area contributed by atoms with E-state index in [0.29, 0.717) is 6.54 Å². The molecule has 100 valence electrons. The van der Waals surface area contributed by atoms with E-state index >= 15 is 0 Å². The molecule has 1 unspecified atom stereocenters. The fourth-order valence-corrected chi connectivity index (χ4v) is 2.03. The van der Waals surface area contributed by atoms with Gasteiger partial charge >= 0.3 is 0 Å². The Hall–Kier alpha value is -1.87. The van der Waals surface area contributed by atoms with E-state index in [9.17, 15) is 4.39 Å². The molecule has 0 saturated heterocycles. The highest BCUT2D eigenvalue weighted by Gasteiger charge is 2.10. The van der Waals surface area contributed by atoms with Crippen LogP contribution in [0.1, 0.15) is 17.2 Å². The maximum Gasteiger partial charge on any atom is 0.125 e. The number of hydrogen-bond acceptors (Lipinski definition) is 2. The van der Waals surface area contributed by atoms with Crippen LogP contribution in [0.15, 0.2) is 48.5 Å². The molecule has 0 radical (unpaired) electrons. The van der Waals surface area contributed by atoms with E-state index in [0.717, 1.165) is 11.3 Å². The first kappa shape index (κ1) is 13.6. The summed E-state index contributed by atoms with van der Waals surface area (Å²) in [5, 5.41) is 0. The van der Waals surface area contributed by atoms with E-state index in [1.165, 1.54) is 17.7 Å². The molecular weight excluding hydrogens is 239 g/mol. The second-order valence-corrected chi connectivity index (χ2v) is 4.88. The molecule has 1 atom stereocenters. The number of rotatable bonds is 4. The summed E-state index contributed by atoms with van der Waals surface area (Å²) in [5.74, 6) is -0.228. The van der Waals surface area contributed by atoms with Gasteiger partial charge in [0.2, 0.25) is 0 Å². The number of aryl methyl sites for hydroxylation is 1. The molecule has 2 aromatic carbocycles. The number of benzene rings is 2. The normalized spacial score (nSPS) is 12.2. The van der Waals surface area contributed by atoms with Gasteiger partial charge in [0.05, 0.1) is 0 Å². The van der Waals surface area contributed by atoms with Crippen molar-refractivity contribution in [3.63, 3.8) is 0 Å². The lowest BCUT2D eigenvalue weighted by Gasteiger charge is -2.23. The third-order valence-corrected chi connectivity index (χ3v) is 3.23. The minimum Gasteiger partial charge on any atom is -0.373 e. The van der Waals surface area contributed by atoms with Gasteiger partial charge < -0.3 is 10.6 Å². The molecule has 2 N–H and O–H groups in total. The highest BCUT2D eigenvalue weighted by Crippen LogP contribution is 2.18. The molecule has 2 rings (SSSR count). The Morgan fingerprint density at radius 1 is 1.16 bits per heavy atom. The van der Waals surface area contributed by atoms with Crippen molar-refractivity contribution >= 4 is 5.69 Å². The number of anilines is 1. The zero-order valence-electron chi connectivity index (χ0n) is 11.3. The van der Waals surface area contributed by atoms with Crippen molar-refractivity contribution in [2.45, 2.75) is 13.0 Å². The largest absolute Gasteiger partial charge is 0.373 e. The summed E-state index contributed by atoms with van der Waals surface area (Å²) in [6.07, 6.45) is 0. The molecule has 0 heterocycles. The van der Waals surface area contributed by atoms with Crippen molar-refractivity contribution in [2.24, 2.45) is 5.73 Å². The second-order valence-electron chi connectivity index (χ2n) is 4.88. The molecule has 19 heavy (non-hydrogen) atoms. The monoisotopic (exact) mass is 258 g/mol. The molecule has 0 bridgehead atoms. The van der Waals surface area contributed by atoms with Gasteiger partial charge in [-0.1, -0.05) is 35.9 Å². The maximum atomic E-state index is 13.2. The van der Waals surface area contributed by atoms with Gasteiger partial charge in [-0.05, 0) is 30.7 Å². The van der Waals surface area contributed by atoms with Crippen LogP contribution in [0.4, 0.5) is 10.1 Å². The molecule has 0 saturated carbocycles. The minimum absolute atomic E-state index is 0.0890. The molecule has 0 aliphatic carbocycles. The van der Waals surface area contributed by atoms with Crippen LogP contribution in [0.5, 0.6) is 0 Å². The molecule has 2 aromatic rings. The van der Waals surface area contributed by atoms with Crippen LogP contribution in [0.25, 0.3) is 0 Å². The first-order chi connectivity index (χ1) is 9.06. The van der Waals surface area contributed by atoms with Crippen LogP contribution >= 0.6 is 0 Å². The van der Waals surface area contributed by atoms with Gasteiger partial charge in [0.25, 0.3) is 0 Å². The highest BCUT2D eigenvalue weighted by atomic mass is 19.1. The maximum absolute atomic E-state index is 13.2. The van der Waals surface area contributed by atoms with Gasteiger partial charge in [0, 0.05) is 25.3 Å². The first-order valence-electron chi connectivity index (χ1n) is 6.35. The van der Waals surface area contributed by atoms with Crippen molar-refractivity contribution in [2.75, 3.05) is 18.5 Å². The Morgan fingerprint density at radius 3 is 2.47 bits per heavy atom. The molecule has 2 nitrogen and oxygen atoms in total. The molecule has 0 spiro atoms. The van der Waals surface area contributed by atoms with Gasteiger partial charge in [-0.3, -0.25) is 0 Å². The first-order valence-corrected chi connectivity index (χ1v) is 6.35. The number of nitrogens with zero attached hydrogens (tertiary/aromatic N) is 1. The number of hydrogen-bond donors (Lipinski definition) is 1. The minimum atomic E-state index is -0.228. The van der Waals surface area contributed by atoms with Crippen LogP contribution in [0.2, 0.25) is 0 Å². The average Bonchev–Trinajstić information content (AvgIpc) is 2.39. The Balaban J connectivity index is 2.06. The summed E-state index contributed by atoms with van der Waals surface area (Å²) in [6.45, 7) is 2.70. The van der Waals surface area contributed by atoms with Crippen LogP contribution in [-0.2, 0) is 0 Å². The molecule has 0 amide bonds. The Labute approximate surface area is 113 Å². The zero-order valence-corrected chi connectivity index (χ0v) is 11.3. The third-order valence-electron chi connectivity index (χ3n) is 3.23. The summed E-state index contributed by atoms with van der Waals surface area (Å²) in [5.41, 5.74) is 9.33. The Bertz CT molecular complexity index is 537. The van der Waals surface area contributed by atoms with E-state index in [1.807, 2.05) is 37.1 Å². The lowest BCUT2D eigenvalue weighted by atomic mass is 10.1. The van der Waals surface area contributed by atoms with Crippen LogP contribution in [0, 0.1) is 12.7 Å². The predicted octanol–water partition coefficient (Wildman–Crippen LogP) is 3.27. The van der Waals surface area contributed by atoms with Gasteiger partial charge in [0.1, 0.15) is 5.82 Å². The molecule has 0 aliphatic heterocycles. The van der Waals surface area contributed by atoms with Crippen LogP contribution < -0.4 is 10.6 Å². The highest BCUT2D eigenvalue weighted by molar-refractivity contribution is 5.46. The van der Waals surface area contributed by atoms with Gasteiger partial charge in [-0.15, -0.1) is 0 Å². The Morgan fingerprint density at radius 2 is 1.84 bits per heavy atom. The van der Waals surface area contributed by atoms with Crippen molar-refractivity contribution in [3.05, 3.63) is 65.5 Å². The molecule has 0 aliphatic rings. The van der Waals surface area contributed by atoms with Crippen molar-refractivity contribution in [1.82, 2.24) is 0 Å². The lowest BCUT2D eigenvalue weighted by molar-refractivity contribution is 0.625. The summed E-state index contributed by atoms with van der Waals surface area (Å²) < 4.78 is 13.2. The van der Waals surface area contributed by atoms with Crippen molar-refractivity contribution < 1.29 is 4.39 Å². The second kappa shape index (κ2) is 5.85. The summed E-state index contributed by atoms with van der Waals surface area (Å²) in [6, 6.07) is 14.6. The lowest BCUT2D eigenvalue weighted by Crippen LogP contribution is -2.29. The average molecular weight is 258 g/mol. The van der Waals surface area contributed by atoms with Crippen molar-refractivity contribution in [1.29, 1.82) is 0 Å². The fourth-order valence-electron chi connectivity index (χ4n) is 2.03. The number of nitrogens with two attached hydrogens (primary N) is 1. The standard InChI is InChI=1S/C16H19FN2/c1-12-6-8-13(9-7-12)16(18)11-19(2)15-5-3-4-14(17)10-15/h3-10,16H,11,18H2,1-2H3. The SMILES string of the molecule is Cc1ccc(C(N)CN(C)c2cccc(F)c2)cc1. The molecule has 0 aromatic heterocycles. The van der Waals surface area contributed by atoms with Crippen LogP contribution in [0.3, 0.4) is 0 Å². The summed E-state index contributed by atoms with van der Waals surface area (Å²) in [4.78, 5) is 1.97. The van der Waals surface area contributed by atoms with Gasteiger partial charge in [-0.2, -0.15) is 0 Å². The Kier molecular flexibility index (Phi) is 4.17. The topological polar surface area (TPSA) is 29.3 Å². The number of likely N-dealkylation sites (N-methyl/N-ethyl adjacent to an activating group) is 1. The van der Waals surface area contributed by atoms with E-state index in [4.69, 9.17) is 5.73 Å². The fraction of sp³-hybridized carbons (Fsp3) is 0.250. The summed E-state index contributed by atoms with van der Waals surface area (Å²) >= 11 is 0. The van der Waals surface area contributed by atoms with Gasteiger partial charge in [0.15, 0.2) is 0 Å². The van der Waals surface area contributed by atoms with E-state index < -0.39 is 0 Å². The zero-order chi connectivity index (χ0) is 13.8. The summed E-state index contributed by atoms with van der Waals surface area (Å²) in [7, 11) is 1.92. The van der Waals surface area contributed by atoms with E-state index in [-0.39, 0.29) is 11.9 Å². The van der Waals surface area contributed by atoms with Crippen molar-refractivity contribution in [3.8, 4) is 0 Å². The molecule has 0 fully saturated rings. The molecular formula is C16H19FN2. The number of halogens is 1.